The summed E-state index contributed by atoms with van der Waals surface area (Å²) in [7, 11) is 0. The highest BCUT2D eigenvalue weighted by Crippen LogP contribution is 2.66. The quantitative estimate of drug-likeness (QED) is 0.541. The van der Waals surface area contributed by atoms with Crippen molar-refractivity contribution in [3.05, 3.63) is 46.8 Å². The van der Waals surface area contributed by atoms with E-state index in [0.29, 0.717) is 12.1 Å². The van der Waals surface area contributed by atoms with Gasteiger partial charge in [0.2, 0.25) is 0 Å². The van der Waals surface area contributed by atoms with Crippen LogP contribution in [0.3, 0.4) is 0 Å². The Morgan fingerprint density at radius 1 is 0.880 bits per heavy atom. The molecule has 138 valence electrons. The lowest BCUT2D eigenvalue weighted by Gasteiger charge is -2.52. The summed E-state index contributed by atoms with van der Waals surface area (Å²) >= 11 is 0. The van der Waals surface area contributed by atoms with E-state index < -0.39 is 45.7 Å². The molecule has 1 saturated carbocycles. The van der Waals surface area contributed by atoms with Gasteiger partial charge in [0, 0.05) is 5.41 Å². The van der Waals surface area contributed by atoms with Gasteiger partial charge in [-0.25, -0.2) is 13.2 Å². The first-order valence-electron chi connectivity index (χ1n) is 7.98. The Morgan fingerprint density at radius 2 is 1.44 bits per heavy atom. The molecule has 1 aromatic carbocycles. The predicted molar refractivity (Wildman–Crippen MR) is 78.1 cm³/mol. The summed E-state index contributed by atoms with van der Waals surface area (Å²) in [6, 6.07) is 1.29. The van der Waals surface area contributed by atoms with Gasteiger partial charge in [0.25, 0.3) is 0 Å². The molecular formula is C18H17F7. The van der Waals surface area contributed by atoms with Crippen molar-refractivity contribution in [2.75, 3.05) is 0 Å². The van der Waals surface area contributed by atoms with Crippen molar-refractivity contribution in [3.63, 3.8) is 0 Å². The van der Waals surface area contributed by atoms with E-state index in [9.17, 15) is 30.7 Å². The van der Waals surface area contributed by atoms with Gasteiger partial charge < -0.3 is 0 Å². The maximum atomic E-state index is 14.9. The van der Waals surface area contributed by atoms with Crippen LogP contribution in [-0.4, -0.2) is 5.92 Å². The third-order valence-electron chi connectivity index (χ3n) is 5.86. The monoisotopic (exact) mass is 366 g/mol. The summed E-state index contributed by atoms with van der Waals surface area (Å²) in [5.41, 5.74) is -5.29. The smallest absolute Gasteiger partial charge is 0.212 e. The molecule has 3 aliphatic rings. The number of alkyl halides is 4. The van der Waals surface area contributed by atoms with Crippen LogP contribution in [0.1, 0.15) is 43.7 Å². The molecule has 4 rings (SSSR count). The fourth-order valence-corrected chi connectivity index (χ4v) is 3.82. The summed E-state index contributed by atoms with van der Waals surface area (Å²) in [6.07, 6.45) is -0.0845. The lowest BCUT2D eigenvalue weighted by molar-refractivity contribution is -0.277. The first-order chi connectivity index (χ1) is 11.4. The third-order valence-corrected chi connectivity index (χ3v) is 5.86. The minimum absolute atomic E-state index is 0.00570. The van der Waals surface area contributed by atoms with E-state index in [0.717, 1.165) is 13.0 Å². The van der Waals surface area contributed by atoms with Crippen molar-refractivity contribution in [1.29, 1.82) is 0 Å². The second-order valence-corrected chi connectivity index (χ2v) is 7.42. The number of halogens is 7. The molecule has 0 aliphatic heterocycles. The van der Waals surface area contributed by atoms with E-state index in [1.807, 2.05) is 0 Å². The minimum Gasteiger partial charge on any atom is -0.212 e. The second kappa shape index (κ2) is 5.24. The minimum atomic E-state index is -4.98. The zero-order valence-electron chi connectivity index (χ0n) is 13.7. The highest BCUT2D eigenvalue weighted by molar-refractivity contribution is 5.34. The van der Waals surface area contributed by atoms with Crippen LogP contribution in [0.5, 0.6) is 0 Å². The zero-order valence-corrected chi connectivity index (χ0v) is 13.7. The fraction of sp³-hybridized carbons (Fsp3) is 0.556. The Balaban J connectivity index is 2.12. The summed E-state index contributed by atoms with van der Waals surface area (Å²) in [5, 5.41) is 0. The number of fused-ring (bicyclic) bond motifs is 2. The number of hydrogen-bond donors (Lipinski definition) is 0. The Kier molecular flexibility index (Phi) is 3.83. The van der Waals surface area contributed by atoms with Gasteiger partial charge in [0.15, 0.2) is 11.6 Å². The van der Waals surface area contributed by atoms with E-state index in [1.165, 1.54) is 0 Å². The maximum Gasteiger partial charge on any atom is 0.339 e. The van der Waals surface area contributed by atoms with Gasteiger partial charge in [0.05, 0.1) is 11.0 Å². The molecular weight excluding hydrogens is 349 g/mol. The Hall–Kier alpha value is -1.53. The largest absolute Gasteiger partial charge is 0.339 e. The number of benzene rings is 1. The molecule has 0 radical (unpaired) electrons. The van der Waals surface area contributed by atoms with Crippen LogP contribution >= 0.6 is 0 Å². The van der Waals surface area contributed by atoms with Crippen LogP contribution in [0, 0.1) is 29.4 Å². The van der Waals surface area contributed by atoms with Gasteiger partial charge in [-0.1, -0.05) is 13.0 Å². The molecule has 0 amide bonds. The molecule has 1 aromatic rings. The normalized spacial score (nSPS) is 29.7. The van der Waals surface area contributed by atoms with Gasteiger partial charge >= 0.3 is 11.8 Å². The van der Waals surface area contributed by atoms with Crippen molar-refractivity contribution in [1.82, 2.24) is 0 Å². The Labute approximate surface area is 140 Å². The van der Waals surface area contributed by atoms with E-state index in [2.05, 4.69) is 0 Å². The summed E-state index contributed by atoms with van der Waals surface area (Å²) in [5.74, 6) is -14.2. The van der Waals surface area contributed by atoms with Crippen LogP contribution in [-0.2, 0) is 5.92 Å². The molecule has 1 fully saturated rings. The van der Waals surface area contributed by atoms with E-state index in [1.54, 1.807) is 6.92 Å². The van der Waals surface area contributed by atoms with Crippen LogP contribution in [0.4, 0.5) is 30.7 Å². The maximum absolute atomic E-state index is 14.9. The number of aryl methyl sites for hydroxylation is 1. The standard InChI is InChI=1S/C18H17F7/c1-10-3-4-11(14(21)13(10)20)17(22,23)18(24,25)16-7-5-15(2,6-8-16)12(19)9-16/h3-4,9H,5-8H2,1-2H3. The molecule has 3 aliphatic carbocycles. The van der Waals surface area contributed by atoms with Gasteiger partial charge in [-0.05, 0) is 50.3 Å². The number of hydrogen-bond acceptors (Lipinski definition) is 0. The van der Waals surface area contributed by atoms with Gasteiger partial charge in [-0.2, -0.15) is 17.6 Å². The molecule has 0 aromatic heterocycles. The first-order valence-corrected chi connectivity index (χ1v) is 7.98. The van der Waals surface area contributed by atoms with Crippen LogP contribution < -0.4 is 0 Å². The van der Waals surface area contributed by atoms with Gasteiger partial charge in [0.1, 0.15) is 5.83 Å². The molecule has 0 saturated heterocycles. The average molecular weight is 366 g/mol. The molecule has 2 bridgehead atoms. The summed E-state index contributed by atoms with van der Waals surface area (Å²) in [6.45, 7) is 2.70. The highest BCUT2D eigenvalue weighted by Gasteiger charge is 2.71. The molecule has 0 atom stereocenters. The van der Waals surface area contributed by atoms with Gasteiger partial charge in [-0.3, -0.25) is 0 Å². The summed E-state index contributed by atoms with van der Waals surface area (Å²) < 4.78 is 101. The topological polar surface area (TPSA) is 0 Å². The first kappa shape index (κ1) is 18.3. The van der Waals surface area contributed by atoms with Crippen molar-refractivity contribution in [2.24, 2.45) is 10.8 Å². The molecule has 0 N–H and O–H groups in total. The highest BCUT2D eigenvalue weighted by atomic mass is 19.3. The van der Waals surface area contributed by atoms with E-state index in [4.69, 9.17) is 0 Å². The predicted octanol–water partition coefficient (Wildman–Crippen LogP) is 6.43. The van der Waals surface area contributed by atoms with Crippen molar-refractivity contribution < 1.29 is 30.7 Å². The fourth-order valence-electron chi connectivity index (χ4n) is 3.82. The van der Waals surface area contributed by atoms with Crippen LogP contribution in [0.15, 0.2) is 24.0 Å². The Bertz CT molecular complexity index is 740. The molecule has 0 heterocycles. The molecule has 0 spiro atoms. The molecule has 7 heteroatoms. The lowest BCUT2D eigenvalue weighted by atomic mass is 9.55. The van der Waals surface area contributed by atoms with E-state index >= 15 is 0 Å². The number of rotatable bonds is 3. The van der Waals surface area contributed by atoms with Gasteiger partial charge in [-0.15, -0.1) is 0 Å². The summed E-state index contributed by atoms with van der Waals surface area (Å²) in [4.78, 5) is 0. The van der Waals surface area contributed by atoms with Crippen molar-refractivity contribution in [2.45, 2.75) is 51.4 Å². The second-order valence-electron chi connectivity index (χ2n) is 7.42. The SMILES string of the molecule is Cc1ccc(C(F)(F)C(F)(F)C23C=C(F)C(C)(CC2)CC3)c(F)c1F. The molecule has 0 nitrogen and oxygen atoms in total. The number of allylic oxidation sites excluding steroid dienone is 2. The molecule has 25 heavy (non-hydrogen) atoms. The zero-order chi connectivity index (χ0) is 18.8. The van der Waals surface area contributed by atoms with Crippen molar-refractivity contribution in [3.8, 4) is 0 Å². The molecule has 0 unspecified atom stereocenters. The van der Waals surface area contributed by atoms with Crippen LogP contribution in [0.2, 0.25) is 0 Å². The lowest BCUT2D eigenvalue weighted by Crippen LogP contribution is -2.56. The average Bonchev–Trinajstić information content (AvgIpc) is 2.53. The Morgan fingerprint density at radius 3 is 1.96 bits per heavy atom. The van der Waals surface area contributed by atoms with Crippen molar-refractivity contribution >= 4 is 0 Å². The third kappa shape index (κ3) is 2.27. The van der Waals surface area contributed by atoms with Crippen LogP contribution in [0.25, 0.3) is 0 Å². The van der Waals surface area contributed by atoms with E-state index in [-0.39, 0.29) is 31.2 Å².